The van der Waals surface area contributed by atoms with Gasteiger partial charge in [0.1, 0.15) is 5.82 Å². The highest BCUT2D eigenvalue weighted by Gasteiger charge is 2.11. The van der Waals surface area contributed by atoms with Crippen molar-refractivity contribution in [3.63, 3.8) is 0 Å². The zero-order valence-corrected chi connectivity index (χ0v) is 12.3. The van der Waals surface area contributed by atoms with Gasteiger partial charge in [0.25, 0.3) is 0 Å². The summed E-state index contributed by atoms with van der Waals surface area (Å²) in [5, 5.41) is 3.25. The third-order valence-corrected chi connectivity index (χ3v) is 3.40. The summed E-state index contributed by atoms with van der Waals surface area (Å²) in [6.07, 6.45) is 6.07. The van der Waals surface area contributed by atoms with E-state index >= 15 is 0 Å². The lowest BCUT2D eigenvalue weighted by molar-refractivity contribution is 0.303. The maximum absolute atomic E-state index is 12.8. The molecular weight excluding hydrogens is 241 g/mol. The van der Waals surface area contributed by atoms with E-state index in [2.05, 4.69) is 29.2 Å². The zero-order chi connectivity index (χ0) is 14.1. The van der Waals surface area contributed by atoms with Crippen LogP contribution in [-0.2, 0) is 0 Å². The van der Waals surface area contributed by atoms with E-state index in [1.165, 1.54) is 31.5 Å². The van der Waals surface area contributed by atoms with Crippen LogP contribution in [0.5, 0.6) is 0 Å². The summed E-state index contributed by atoms with van der Waals surface area (Å²) in [5.41, 5.74) is 0.908. The molecule has 4 heteroatoms. The maximum Gasteiger partial charge on any atom is 0.141 e. The van der Waals surface area contributed by atoms with E-state index in [4.69, 9.17) is 0 Å². The largest absolute Gasteiger partial charge is 0.312 e. The minimum absolute atomic E-state index is 0.189. The van der Waals surface area contributed by atoms with Crippen LogP contribution in [0, 0.1) is 5.82 Å². The topological polar surface area (TPSA) is 28.2 Å². The first-order chi connectivity index (χ1) is 9.17. The van der Waals surface area contributed by atoms with Crippen LogP contribution in [0.3, 0.4) is 0 Å². The molecule has 1 aromatic heterocycles. The molecule has 0 saturated heterocycles. The molecule has 3 nitrogen and oxygen atoms in total. The zero-order valence-electron chi connectivity index (χ0n) is 12.3. The number of rotatable bonds is 9. The Morgan fingerprint density at radius 2 is 2.11 bits per heavy atom. The molecule has 0 fully saturated rings. The lowest BCUT2D eigenvalue weighted by Gasteiger charge is -2.21. The molecule has 1 atom stereocenters. The Labute approximate surface area is 116 Å². The second kappa shape index (κ2) is 8.99. The van der Waals surface area contributed by atoms with Gasteiger partial charge < -0.3 is 10.2 Å². The summed E-state index contributed by atoms with van der Waals surface area (Å²) in [5.74, 6) is -0.282. The van der Waals surface area contributed by atoms with Crippen LogP contribution >= 0.6 is 0 Å². The van der Waals surface area contributed by atoms with Crippen molar-refractivity contribution in [2.45, 2.75) is 38.6 Å². The molecule has 0 spiro atoms. The van der Waals surface area contributed by atoms with E-state index in [1.54, 1.807) is 6.07 Å². The van der Waals surface area contributed by atoms with Gasteiger partial charge >= 0.3 is 0 Å². The second-order valence-electron chi connectivity index (χ2n) is 5.04. The van der Waals surface area contributed by atoms with E-state index in [1.807, 2.05) is 7.05 Å². The van der Waals surface area contributed by atoms with Crippen LogP contribution in [0.2, 0.25) is 0 Å². The van der Waals surface area contributed by atoms with Gasteiger partial charge in [-0.25, -0.2) is 4.39 Å². The molecule has 1 unspecified atom stereocenters. The predicted octanol–water partition coefficient (Wildman–Crippen LogP) is 2.99. The lowest BCUT2D eigenvalue weighted by Crippen LogP contribution is -2.26. The molecule has 19 heavy (non-hydrogen) atoms. The highest BCUT2D eigenvalue weighted by Crippen LogP contribution is 2.14. The molecule has 0 aliphatic heterocycles. The molecule has 1 N–H and O–H groups in total. The molecule has 0 saturated carbocycles. The van der Waals surface area contributed by atoms with Crippen molar-refractivity contribution in [2.75, 3.05) is 27.2 Å². The van der Waals surface area contributed by atoms with Crippen LogP contribution < -0.4 is 5.32 Å². The molecule has 0 bridgehead atoms. The Bertz CT molecular complexity index is 340. The number of unbranched alkanes of at least 4 members (excludes halogenated alkanes) is 2. The van der Waals surface area contributed by atoms with Gasteiger partial charge in [-0.15, -0.1) is 0 Å². The number of pyridine rings is 1. The number of hydrogen-bond acceptors (Lipinski definition) is 3. The van der Waals surface area contributed by atoms with E-state index in [9.17, 15) is 4.39 Å². The smallest absolute Gasteiger partial charge is 0.141 e. The van der Waals surface area contributed by atoms with Gasteiger partial charge in [0.15, 0.2) is 0 Å². The molecular formula is C15H26FN3. The average molecular weight is 267 g/mol. The molecule has 0 aliphatic carbocycles. The molecule has 0 aliphatic rings. The quantitative estimate of drug-likeness (QED) is 0.697. The van der Waals surface area contributed by atoms with Crippen molar-refractivity contribution >= 4 is 0 Å². The van der Waals surface area contributed by atoms with Gasteiger partial charge in [-0.2, -0.15) is 0 Å². The fraction of sp³-hybridized carbons (Fsp3) is 0.667. The van der Waals surface area contributed by atoms with Crippen molar-refractivity contribution in [2.24, 2.45) is 0 Å². The summed E-state index contributed by atoms with van der Waals surface area (Å²) < 4.78 is 12.8. The third kappa shape index (κ3) is 6.12. The van der Waals surface area contributed by atoms with Crippen molar-refractivity contribution in [1.29, 1.82) is 0 Å². The maximum atomic E-state index is 12.8. The van der Waals surface area contributed by atoms with Crippen molar-refractivity contribution in [3.8, 4) is 0 Å². The van der Waals surface area contributed by atoms with Gasteiger partial charge in [-0.1, -0.05) is 19.8 Å². The normalized spacial score (nSPS) is 12.9. The first-order valence-corrected chi connectivity index (χ1v) is 7.14. The van der Waals surface area contributed by atoms with Gasteiger partial charge in [0.05, 0.1) is 17.9 Å². The van der Waals surface area contributed by atoms with Gasteiger partial charge in [-0.05, 0) is 52.2 Å². The van der Waals surface area contributed by atoms with Crippen LogP contribution in [0.25, 0.3) is 0 Å². The molecule has 0 radical (unpaired) electrons. The summed E-state index contributed by atoms with van der Waals surface area (Å²) in [7, 11) is 4.08. The molecule has 0 aromatic carbocycles. The van der Waals surface area contributed by atoms with Crippen LogP contribution in [0.15, 0.2) is 18.3 Å². The van der Waals surface area contributed by atoms with Crippen molar-refractivity contribution in [1.82, 2.24) is 15.2 Å². The van der Waals surface area contributed by atoms with Gasteiger partial charge in [-0.3, -0.25) is 4.98 Å². The summed E-state index contributed by atoms with van der Waals surface area (Å²) in [6.45, 7) is 4.38. The van der Waals surface area contributed by atoms with Crippen molar-refractivity contribution < 1.29 is 4.39 Å². The Morgan fingerprint density at radius 1 is 1.32 bits per heavy atom. The van der Waals surface area contributed by atoms with Crippen LogP contribution in [0.4, 0.5) is 4.39 Å². The number of hydrogen-bond donors (Lipinski definition) is 1. The monoisotopic (exact) mass is 267 g/mol. The molecule has 108 valence electrons. The van der Waals surface area contributed by atoms with Crippen molar-refractivity contribution in [3.05, 3.63) is 29.8 Å². The molecule has 0 amide bonds. The Morgan fingerprint density at radius 3 is 2.68 bits per heavy atom. The third-order valence-electron chi connectivity index (χ3n) is 3.40. The van der Waals surface area contributed by atoms with E-state index in [0.29, 0.717) is 0 Å². The second-order valence-corrected chi connectivity index (χ2v) is 5.04. The number of halogens is 1. The highest BCUT2D eigenvalue weighted by atomic mass is 19.1. The van der Waals surface area contributed by atoms with Crippen LogP contribution in [0.1, 0.15) is 44.3 Å². The molecule has 1 heterocycles. The predicted molar refractivity (Wildman–Crippen MR) is 77.6 cm³/mol. The highest BCUT2D eigenvalue weighted by molar-refractivity contribution is 5.09. The Kier molecular flexibility index (Phi) is 7.60. The summed E-state index contributed by atoms with van der Waals surface area (Å²) in [6, 6.07) is 3.42. The fourth-order valence-electron chi connectivity index (χ4n) is 2.13. The first-order valence-electron chi connectivity index (χ1n) is 7.14. The fourth-order valence-corrected chi connectivity index (χ4v) is 2.13. The molecule has 1 rings (SSSR count). The minimum Gasteiger partial charge on any atom is -0.312 e. The standard InChI is InChI=1S/C15H26FN3/c1-4-5-6-10-19(3)11-9-14(17-2)15-8-7-13(16)12-18-15/h7-8,12,14,17H,4-6,9-11H2,1-3H3. The van der Waals surface area contributed by atoms with E-state index in [0.717, 1.165) is 25.2 Å². The first kappa shape index (κ1) is 16.1. The average Bonchev–Trinajstić information content (AvgIpc) is 2.41. The lowest BCUT2D eigenvalue weighted by atomic mass is 10.1. The summed E-state index contributed by atoms with van der Waals surface area (Å²) >= 11 is 0. The summed E-state index contributed by atoms with van der Waals surface area (Å²) in [4.78, 5) is 6.50. The van der Waals surface area contributed by atoms with E-state index in [-0.39, 0.29) is 11.9 Å². The van der Waals surface area contributed by atoms with E-state index < -0.39 is 0 Å². The molecule has 1 aromatic rings. The minimum atomic E-state index is -0.282. The Balaban J connectivity index is 2.38. The SMILES string of the molecule is CCCCCN(C)CCC(NC)c1ccc(F)cn1. The van der Waals surface area contributed by atoms with Gasteiger partial charge in [0, 0.05) is 0 Å². The van der Waals surface area contributed by atoms with Crippen LogP contribution in [-0.4, -0.2) is 37.1 Å². The number of nitrogens with one attached hydrogen (secondary N) is 1. The Hall–Kier alpha value is -1.00. The number of aromatic nitrogens is 1. The van der Waals surface area contributed by atoms with Gasteiger partial charge in [0.2, 0.25) is 0 Å². The number of nitrogens with zero attached hydrogens (tertiary/aromatic N) is 2.